The molecule has 0 amide bonds. The summed E-state index contributed by atoms with van der Waals surface area (Å²) in [7, 11) is 0. The Morgan fingerprint density at radius 2 is 1.59 bits per heavy atom. The summed E-state index contributed by atoms with van der Waals surface area (Å²) in [5.74, 6) is 1.50. The lowest BCUT2D eigenvalue weighted by Gasteiger charge is -2.53. The summed E-state index contributed by atoms with van der Waals surface area (Å²) in [6, 6.07) is 20.7. The molecule has 6 N–H and O–H groups in total. The number of ether oxygens (including phenoxy) is 2. The monoisotopic (exact) mass is 768 g/mol. The fourth-order valence-electron chi connectivity index (χ4n) is 8.70. The predicted molar refractivity (Wildman–Crippen MR) is 192 cm³/mol. The van der Waals surface area contributed by atoms with Gasteiger partial charge in [-0.15, -0.1) is 0 Å². The largest absolute Gasteiger partial charge is 1.00 e. The van der Waals surface area contributed by atoms with Gasteiger partial charge in [0.1, 0.15) is 29.7 Å². The molecule has 10 heteroatoms. The summed E-state index contributed by atoms with van der Waals surface area (Å²) in [4.78, 5) is 0. The maximum atomic E-state index is 12.0. The Morgan fingerprint density at radius 1 is 0.902 bits per heavy atom. The van der Waals surface area contributed by atoms with Crippen molar-refractivity contribution in [3.05, 3.63) is 94.5 Å². The molecule has 4 atom stereocenters. The molecule has 4 fully saturated rings. The van der Waals surface area contributed by atoms with E-state index in [0.717, 1.165) is 66.4 Å². The molecule has 51 heavy (non-hydrogen) atoms. The maximum absolute atomic E-state index is 12.0. The van der Waals surface area contributed by atoms with Gasteiger partial charge in [0.15, 0.2) is 0 Å². The van der Waals surface area contributed by atoms with Gasteiger partial charge in [0.25, 0.3) is 0 Å². The normalized spacial score (nSPS) is 24.1. The van der Waals surface area contributed by atoms with E-state index < -0.39 is 11.7 Å². The molecule has 1 saturated carbocycles. The van der Waals surface area contributed by atoms with Crippen LogP contribution in [0.2, 0.25) is 0 Å². The maximum Gasteiger partial charge on any atom is 0.124 e. The van der Waals surface area contributed by atoms with Crippen LogP contribution in [0.15, 0.2) is 66.7 Å². The average Bonchev–Trinajstić information content (AvgIpc) is 3.72. The van der Waals surface area contributed by atoms with Crippen LogP contribution in [0.25, 0.3) is 0 Å². The van der Waals surface area contributed by atoms with Crippen molar-refractivity contribution in [3.8, 4) is 11.5 Å². The van der Waals surface area contributed by atoms with Crippen LogP contribution in [0.3, 0.4) is 0 Å². The molecule has 0 radical (unpaired) electrons. The number of fused-ring (bicyclic) bond motifs is 3. The fourth-order valence-corrected chi connectivity index (χ4v) is 8.70. The van der Waals surface area contributed by atoms with Crippen molar-refractivity contribution >= 4 is 0 Å². The van der Waals surface area contributed by atoms with E-state index in [4.69, 9.17) is 9.47 Å². The highest BCUT2D eigenvalue weighted by Gasteiger charge is 2.48. The molecule has 0 spiro atoms. The molecule has 3 saturated heterocycles. The second-order valence-electron chi connectivity index (χ2n) is 15.1. The van der Waals surface area contributed by atoms with Gasteiger partial charge in [-0.2, -0.15) is 0 Å². The fraction of sp³-hybridized carbons (Fsp3) is 0.561. The third kappa shape index (κ3) is 9.34. The second-order valence-corrected chi connectivity index (χ2v) is 15.1. The first kappa shape index (κ1) is 39.7. The van der Waals surface area contributed by atoms with Crippen molar-refractivity contribution in [1.82, 2.24) is 5.32 Å². The van der Waals surface area contributed by atoms with Crippen LogP contribution in [0.1, 0.15) is 91.8 Å². The summed E-state index contributed by atoms with van der Waals surface area (Å²) in [6.07, 6.45) is 7.05. The Bertz CT molecular complexity index is 1530. The average molecular weight is 770 g/mol. The minimum atomic E-state index is -0.934. The van der Waals surface area contributed by atoms with Gasteiger partial charge in [-0.25, -0.2) is 0 Å². The molecule has 7 rings (SSSR count). The molecule has 2 bridgehead atoms. The topological polar surface area (TPSA) is 132 Å². The highest BCUT2D eigenvalue weighted by molar-refractivity contribution is 5.39. The number of hydrogen-bond acceptors (Lipinski definition) is 8. The van der Waals surface area contributed by atoms with Crippen LogP contribution in [-0.2, 0) is 23.6 Å². The van der Waals surface area contributed by atoms with Crippen molar-refractivity contribution in [3.63, 3.8) is 0 Å². The van der Waals surface area contributed by atoms with E-state index in [0.29, 0.717) is 36.0 Å². The van der Waals surface area contributed by atoms with Gasteiger partial charge >= 0.3 is 0 Å². The molecule has 4 aliphatic rings. The molecule has 9 nitrogen and oxygen atoms in total. The van der Waals surface area contributed by atoms with Crippen LogP contribution in [-0.4, -0.2) is 82.1 Å². The number of rotatable bonds is 17. The van der Waals surface area contributed by atoms with E-state index >= 15 is 0 Å². The van der Waals surface area contributed by atoms with Crippen LogP contribution in [0.5, 0.6) is 11.5 Å². The second kappa shape index (κ2) is 18.0. The van der Waals surface area contributed by atoms with Crippen molar-refractivity contribution in [2.24, 2.45) is 11.8 Å². The smallest absolute Gasteiger partial charge is 0.124 e. The minimum absolute atomic E-state index is 0. The lowest BCUT2D eigenvalue weighted by atomic mass is 9.80. The third-order valence-electron chi connectivity index (χ3n) is 11.9. The van der Waals surface area contributed by atoms with Gasteiger partial charge in [0.05, 0.1) is 52.2 Å². The quantitative estimate of drug-likeness (QED) is 0.0912. The molecular weight excluding hydrogens is 712 g/mol. The number of hydrogen-bond donors (Lipinski definition) is 6. The third-order valence-corrected chi connectivity index (χ3v) is 11.9. The summed E-state index contributed by atoms with van der Waals surface area (Å²) < 4.78 is 14.0. The number of aliphatic hydroxyl groups excluding tert-OH is 3. The zero-order chi connectivity index (χ0) is 35.1. The first-order chi connectivity index (χ1) is 24.2. The molecule has 0 aromatic heterocycles. The van der Waals surface area contributed by atoms with Gasteiger partial charge in [-0.05, 0) is 66.6 Å². The van der Waals surface area contributed by atoms with Crippen molar-refractivity contribution in [2.75, 3.05) is 45.9 Å². The van der Waals surface area contributed by atoms with Gasteiger partial charge in [-0.1, -0.05) is 55.3 Å². The van der Waals surface area contributed by atoms with E-state index in [2.05, 4.69) is 17.4 Å². The lowest BCUT2D eigenvalue weighted by molar-refractivity contribution is -0.946. The molecule has 280 valence electrons. The first-order valence-electron chi connectivity index (χ1n) is 18.7. The molecule has 1 aliphatic carbocycles. The number of halogens is 1. The van der Waals surface area contributed by atoms with E-state index in [1.807, 2.05) is 43.3 Å². The number of benzene rings is 3. The van der Waals surface area contributed by atoms with E-state index in [9.17, 15) is 25.5 Å². The number of aromatic hydroxyl groups is 1. The summed E-state index contributed by atoms with van der Waals surface area (Å²) in [6.45, 7) is 7.14. The van der Waals surface area contributed by atoms with Crippen LogP contribution < -0.4 is 27.0 Å². The van der Waals surface area contributed by atoms with Crippen molar-refractivity contribution in [2.45, 2.75) is 88.9 Å². The van der Waals surface area contributed by atoms with E-state index in [-0.39, 0.29) is 60.6 Å². The molecule has 3 heterocycles. The molecular formula is C41H57BrN2O7. The van der Waals surface area contributed by atoms with Crippen LogP contribution in [0.4, 0.5) is 0 Å². The lowest BCUT2D eigenvalue weighted by Crippen LogP contribution is -3.00. The number of phenols is 1. The highest BCUT2D eigenvalue weighted by atomic mass is 79.9. The summed E-state index contributed by atoms with van der Waals surface area (Å²) in [5.41, 5.74) is 2.75. The van der Waals surface area contributed by atoms with Gasteiger partial charge in [0.2, 0.25) is 0 Å². The van der Waals surface area contributed by atoms with Gasteiger partial charge < -0.3 is 61.8 Å². The summed E-state index contributed by atoms with van der Waals surface area (Å²) in [5, 5.41) is 55.5. The standard InChI is InChI=1S/C41H56N2O7.BrH/c1-29(42-24-38(47)32-12-14-37(46)33(23-32)26-44)31-13-15-39(34(22-31)27-45)49-21-7-18-43-19-16-30(17-20-43)40(25-43)50-28-41(48,36-10-5-6-11-36)35-8-3-2-4-9-35;/h2-4,8-9,12-15,22-23,29-30,36,38,40,42,44-45,47-48H,5-7,10-11,16-21,24-28H2,1H3;1H/t29?,30?,38-,40-,41+,43?;/m0./s1. The van der Waals surface area contributed by atoms with E-state index in [1.165, 1.54) is 32.0 Å². The SMILES string of the molecule is CC(NC[C@H](O)c1ccc(O)c(CO)c1)c1ccc(OCCC[N+]23CCC(CC2)[C@@H](OC[C@@](O)(c2ccccc2)C2CCCC2)C3)c(CO)c1.[Br-]. The highest BCUT2D eigenvalue weighted by Crippen LogP contribution is 2.43. The number of nitrogens with one attached hydrogen (secondary N) is 1. The van der Waals surface area contributed by atoms with Crippen molar-refractivity contribution < 1.29 is 56.5 Å². The summed E-state index contributed by atoms with van der Waals surface area (Å²) >= 11 is 0. The number of nitrogens with zero attached hydrogens (tertiary/aromatic N) is 1. The van der Waals surface area contributed by atoms with Crippen molar-refractivity contribution in [1.29, 1.82) is 0 Å². The number of piperidine rings is 3. The number of quaternary nitrogens is 1. The van der Waals surface area contributed by atoms with Crippen LogP contribution in [0, 0.1) is 11.8 Å². The zero-order valence-corrected chi connectivity index (χ0v) is 31.5. The zero-order valence-electron chi connectivity index (χ0n) is 29.9. The Hall–Kier alpha value is -2.54. The van der Waals surface area contributed by atoms with E-state index in [1.54, 1.807) is 12.1 Å². The van der Waals surface area contributed by atoms with Crippen LogP contribution >= 0.6 is 0 Å². The molecule has 1 unspecified atom stereocenters. The minimum Gasteiger partial charge on any atom is -1.00 e. The Balaban J connectivity index is 0.00000504. The Labute approximate surface area is 313 Å². The first-order valence-corrected chi connectivity index (χ1v) is 18.7. The number of aliphatic hydroxyl groups is 4. The molecule has 3 aliphatic heterocycles. The van der Waals surface area contributed by atoms with Gasteiger partial charge in [-0.3, -0.25) is 0 Å². The predicted octanol–water partition coefficient (Wildman–Crippen LogP) is 2.24. The Morgan fingerprint density at radius 3 is 2.29 bits per heavy atom. The Kier molecular flexibility index (Phi) is 14.0. The molecule has 3 aromatic rings. The molecule has 3 aromatic carbocycles. The van der Waals surface area contributed by atoms with Gasteiger partial charge in [0, 0.05) is 48.9 Å².